The van der Waals surface area contributed by atoms with E-state index >= 15 is 0 Å². The normalized spacial score (nSPS) is 21.4. The fourth-order valence-electron chi connectivity index (χ4n) is 4.95. The van der Waals surface area contributed by atoms with E-state index in [1.807, 2.05) is 24.3 Å². The van der Waals surface area contributed by atoms with Gasteiger partial charge in [0, 0.05) is 12.0 Å². The number of amides is 2. The van der Waals surface area contributed by atoms with Gasteiger partial charge in [0.15, 0.2) is 0 Å². The van der Waals surface area contributed by atoms with Crippen molar-refractivity contribution in [3.63, 3.8) is 0 Å². The minimum atomic E-state index is -1.41. The number of carbonyl (C=O) groups is 3. The Morgan fingerprint density at radius 2 is 1.49 bits per heavy atom. The van der Waals surface area contributed by atoms with Crippen molar-refractivity contribution in [2.24, 2.45) is 0 Å². The molecule has 2 aromatic carbocycles. The molecular weight excluding hydrogens is 448 g/mol. The van der Waals surface area contributed by atoms with Crippen LogP contribution in [0.1, 0.15) is 63.5 Å². The van der Waals surface area contributed by atoms with Crippen molar-refractivity contribution in [3.8, 4) is 11.1 Å². The number of rotatable bonds is 5. The summed E-state index contributed by atoms with van der Waals surface area (Å²) in [6, 6.07) is 16.0. The van der Waals surface area contributed by atoms with Crippen LogP contribution in [0.25, 0.3) is 11.1 Å². The van der Waals surface area contributed by atoms with E-state index in [9.17, 15) is 19.5 Å². The van der Waals surface area contributed by atoms with E-state index in [2.05, 4.69) is 34.9 Å². The molecule has 3 N–H and O–H groups in total. The summed E-state index contributed by atoms with van der Waals surface area (Å²) in [6.45, 7) is 5.37. The number of ether oxygens (including phenoxy) is 2. The number of hydrogen-bond acceptors (Lipinski definition) is 5. The fraction of sp³-hybridized carbons (Fsp3) is 0.444. The first-order valence-electron chi connectivity index (χ1n) is 11.9. The van der Waals surface area contributed by atoms with Gasteiger partial charge in [0.2, 0.25) is 0 Å². The predicted octanol–water partition coefficient (Wildman–Crippen LogP) is 4.82. The van der Waals surface area contributed by atoms with E-state index < -0.39 is 29.3 Å². The molecule has 0 atom stereocenters. The second kappa shape index (κ2) is 9.60. The highest BCUT2D eigenvalue weighted by atomic mass is 16.6. The van der Waals surface area contributed by atoms with Gasteiger partial charge < -0.3 is 25.2 Å². The Labute approximate surface area is 205 Å². The van der Waals surface area contributed by atoms with Crippen LogP contribution in [0.3, 0.4) is 0 Å². The maximum Gasteiger partial charge on any atom is 0.408 e. The van der Waals surface area contributed by atoms with Crippen molar-refractivity contribution in [1.82, 2.24) is 10.6 Å². The first-order chi connectivity index (χ1) is 16.6. The van der Waals surface area contributed by atoms with Crippen LogP contribution in [-0.2, 0) is 14.3 Å². The highest BCUT2D eigenvalue weighted by Crippen LogP contribution is 2.44. The molecule has 0 radical (unpaired) electrons. The minimum absolute atomic E-state index is 0.0304. The molecular formula is C27H32N2O6. The molecule has 8 nitrogen and oxygen atoms in total. The molecule has 186 valence electrons. The van der Waals surface area contributed by atoms with Gasteiger partial charge in [-0.05, 0) is 68.7 Å². The van der Waals surface area contributed by atoms with Crippen LogP contribution in [-0.4, -0.2) is 47.1 Å². The summed E-state index contributed by atoms with van der Waals surface area (Å²) in [6.07, 6.45) is -0.146. The Kier molecular flexibility index (Phi) is 6.74. The van der Waals surface area contributed by atoms with E-state index in [1.165, 1.54) is 0 Å². The lowest BCUT2D eigenvalue weighted by molar-refractivity contribution is -0.146. The molecule has 4 rings (SSSR count). The van der Waals surface area contributed by atoms with Crippen LogP contribution in [0.2, 0.25) is 0 Å². The highest BCUT2D eigenvalue weighted by molar-refractivity contribution is 5.84. The van der Waals surface area contributed by atoms with Crippen LogP contribution < -0.4 is 10.6 Å². The number of aliphatic carboxylic acids is 1. The summed E-state index contributed by atoms with van der Waals surface area (Å²) in [4.78, 5) is 36.8. The molecule has 0 unspecified atom stereocenters. The smallest absolute Gasteiger partial charge is 0.408 e. The zero-order valence-corrected chi connectivity index (χ0v) is 20.3. The van der Waals surface area contributed by atoms with Crippen molar-refractivity contribution < 1.29 is 29.0 Å². The lowest BCUT2D eigenvalue weighted by Crippen LogP contribution is -2.58. The van der Waals surface area contributed by atoms with E-state index in [4.69, 9.17) is 9.47 Å². The summed E-state index contributed by atoms with van der Waals surface area (Å²) < 4.78 is 10.8. The standard InChI is InChI=1S/C27H32N2O6/c1-26(2,3)35-25(33)29-27(23(30)31)14-12-17(13-15-27)28-24(32)34-16-22-20-10-6-4-8-18(20)19-9-5-7-11-21(19)22/h4-11,17,22H,12-16H2,1-3H3,(H,28,32)(H,29,33)(H,30,31). The van der Waals surface area contributed by atoms with Crippen LogP contribution >= 0.6 is 0 Å². The second-order valence-electron chi connectivity index (χ2n) is 10.3. The largest absolute Gasteiger partial charge is 0.480 e. The molecule has 0 saturated heterocycles. The molecule has 0 heterocycles. The van der Waals surface area contributed by atoms with Gasteiger partial charge in [0.05, 0.1) is 0 Å². The zero-order chi connectivity index (χ0) is 25.2. The van der Waals surface area contributed by atoms with E-state index in [0.29, 0.717) is 12.8 Å². The zero-order valence-electron chi connectivity index (χ0n) is 20.3. The molecule has 8 heteroatoms. The summed E-state index contributed by atoms with van der Waals surface area (Å²) >= 11 is 0. The van der Waals surface area contributed by atoms with Crippen LogP contribution in [0.5, 0.6) is 0 Å². The number of carbonyl (C=O) groups excluding carboxylic acids is 2. The van der Waals surface area contributed by atoms with Gasteiger partial charge in [-0.2, -0.15) is 0 Å². The SMILES string of the molecule is CC(C)(C)OC(=O)NC1(C(=O)O)CCC(NC(=O)OCC2c3ccccc3-c3ccccc32)CC1. The molecule has 2 amide bonds. The van der Waals surface area contributed by atoms with Gasteiger partial charge in [0.1, 0.15) is 17.7 Å². The number of benzene rings is 2. The van der Waals surface area contributed by atoms with Crippen molar-refractivity contribution in [2.75, 3.05) is 6.61 Å². The number of carboxylic acid groups (broad SMARTS) is 1. The van der Waals surface area contributed by atoms with Gasteiger partial charge in [0.25, 0.3) is 0 Å². The summed E-state index contributed by atoms with van der Waals surface area (Å²) in [7, 11) is 0. The Morgan fingerprint density at radius 1 is 0.943 bits per heavy atom. The first kappa shape index (κ1) is 24.6. The van der Waals surface area contributed by atoms with Crippen molar-refractivity contribution in [1.29, 1.82) is 0 Å². The molecule has 0 spiro atoms. The summed E-state index contributed by atoms with van der Waals surface area (Å²) in [5.41, 5.74) is 2.45. The first-order valence-corrected chi connectivity index (χ1v) is 11.9. The van der Waals surface area contributed by atoms with Gasteiger partial charge in [-0.25, -0.2) is 14.4 Å². The lowest BCUT2D eigenvalue weighted by atomic mass is 9.79. The Bertz CT molecular complexity index is 1070. The average Bonchev–Trinajstić information content (AvgIpc) is 3.11. The third-order valence-electron chi connectivity index (χ3n) is 6.65. The third kappa shape index (κ3) is 5.42. The van der Waals surface area contributed by atoms with E-state index in [-0.39, 0.29) is 31.4 Å². The predicted molar refractivity (Wildman–Crippen MR) is 130 cm³/mol. The van der Waals surface area contributed by atoms with Gasteiger partial charge in [-0.3, -0.25) is 0 Å². The number of hydrogen-bond donors (Lipinski definition) is 3. The topological polar surface area (TPSA) is 114 Å². The average molecular weight is 481 g/mol. The molecule has 2 aromatic rings. The molecule has 2 aliphatic carbocycles. The molecule has 0 bridgehead atoms. The summed E-state index contributed by atoms with van der Waals surface area (Å²) in [5.74, 6) is -1.14. The fourth-order valence-corrected chi connectivity index (χ4v) is 4.95. The number of carboxylic acids is 1. The van der Waals surface area contributed by atoms with Crippen LogP contribution in [0.15, 0.2) is 48.5 Å². The molecule has 1 fully saturated rings. The van der Waals surface area contributed by atoms with Crippen molar-refractivity contribution in [3.05, 3.63) is 59.7 Å². The number of alkyl carbamates (subject to hydrolysis) is 2. The van der Waals surface area contributed by atoms with Crippen LogP contribution in [0.4, 0.5) is 9.59 Å². The molecule has 1 saturated carbocycles. The second-order valence-corrected chi connectivity index (χ2v) is 10.3. The molecule has 2 aliphatic rings. The van der Waals surface area contributed by atoms with Gasteiger partial charge in [-0.15, -0.1) is 0 Å². The van der Waals surface area contributed by atoms with Crippen molar-refractivity contribution >= 4 is 18.2 Å². The quantitative estimate of drug-likeness (QED) is 0.566. The highest BCUT2D eigenvalue weighted by Gasteiger charge is 2.44. The van der Waals surface area contributed by atoms with E-state index in [1.54, 1.807) is 20.8 Å². The van der Waals surface area contributed by atoms with Crippen molar-refractivity contribution in [2.45, 2.75) is 69.6 Å². The third-order valence-corrected chi connectivity index (χ3v) is 6.65. The Balaban J connectivity index is 1.32. The minimum Gasteiger partial charge on any atom is -0.480 e. The van der Waals surface area contributed by atoms with E-state index in [0.717, 1.165) is 22.3 Å². The summed E-state index contributed by atoms with van der Waals surface area (Å²) in [5, 5.41) is 15.2. The van der Waals surface area contributed by atoms with Gasteiger partial charge >= 0.3 is 18.2 Å². The van der Waals surface area contributed by atoms with Crippen LogP contribution in [0, 0.1) is 0 Å². The maximum atomic E-state index is 12.6. The lowest BCUT2D eigenvalue weighted by Gasteiger charge is -2.37. The number of nitrogens with one attached hydrogen (secondary N) is 2. The Hall–Kier alpha value is -3.55. The van der Waals surface area contributed by atoms with Gasteiger partial charge in [-0.1, -0.05) is 48.5 Å². The molecule has 35 heavy (non-hydrogen) atoms. The number of fused-ring (bicyclic) bond motifs is 3. The molecule has 0 aromatic heterocycles. The maximum absolute atomic E-state index is 12.6. The Morgan fingerprint density at radius 3 is 2.00 bits per heavy atom. The monoisotopic (exact) mass is 480 g/mol. The molecule has 0 aliphatic heterocycles.